The Balaban J connectivity index is 2.64. The molecule has 0 aliphatic rings. The van der Waals surface area contributed by atoms with Crippen LogP contribution in [0.3, 0.4) is 0 Å². The lowest BCUT2D eigenvalue weighted by atomic mass is 10.2. The third kappa shape index (κ3) is 2.48. The highest BCUT2D eigenvalue weighted by Gasteiger charge is 2.05. The number of aromatic nitrogens is 2. The van der Waals surface area contributed by atoms with Crippen LogP contribution in [0.4, 0.5) is 5.69 Å². The predicted octanol–water partition coefficient (Wildman–Crippen LogP) is 1.44. The minimum absolute atomic E-state index is 0.174. The number of anilines is 1. The van der Waals surface area contributed by atoms with Gasteiger partial charge in [-0.25, -0.2) is 0 Å². The van der Waals surface area contributed by atoms with E-state index < -0.39 is 0 Å². The highest BCUT2D eigenvalue weighted by molar-refractivity contribution is 5.46. The molecule has 0 aromatic carbocycles. The van der Waals surface area contributed by atoms with Gasteiger partial charge in [0, 0.05) is 19.3 Å². The monoisotopic (exact) mass is 178 g/mol. The minimum atomic E-state index is 0.174. The quantitative estimate of drug-likeness (QED) is 0.762. The summed E-state index contributed by atoms with van der Waals surface area (Å²) in [6, 6.07) is 2.30. The summed E-state index contributed by atoms with van der Waals surface area (Å²) < 4.78 is 1.76. The van der Waals surface area contributed by atoms with Crippen LogP contribution >= 0.6 is 0 Å². The fourth-order valence-electron chi connectivity index (χ4n) is 1.19. The second-order valence-corrected chi connectivity index (χ2v) is 3.21. The average Bonchev–Trinajstić information content (AvgIpc) is 2.30. The Bertz CT molecular complexity index is 321. The van der Waals surface area contributed by atoms with Gasteiger partial charge in [-0.15, -0.1) is 0 Å². The fraction of sp³-hybridized carbons (Fsp3) is 0.556. The Labute approximate surface area is 78.2 Å². The molecule has 0 bridgehead atoms. The molecule has 1 heterocycles. The van der Waals surface area contributed by atoms with Crippen LogP contribution in [0.1, 0.15) is 19.0 Å². The molecule has 1 atom stereocenters. The molecule has 70 valence electrons. The molecule has 1 aromatic rings. The van der Waals surface area contributed by atoms with Gasteiger partial charge >= 0.3 is 0 Å². The van der Waals surface area contributed by atoms with E-state index in [1.54, 1.807) is 4.68 Å². The number of rotatable bonds is 3. The van der Waals surface area contributed by atoms with Crippen LogP contribution < -0.4 is 5.32 Å². The lowest BCUT2D eigenvalue weighted by Gasteiger charge is -2.09. The molecule has 0 spiro atoms. The highest BCUT2D eigenvalue weighted by atomic mass is 15.3. The molecule has 1 N–H and O–H groups in total. The number of nitriles is 1. The normalized spacial score (nSPS) is 12.2. The molecule has 13 heavy (non-hydrogen) atoms. The van der Waals surface area contributed by atoms with Crippen LogP contribution in [-0.2, 0) is 7.05 Å². The maximum absolute atomic E-state index is 8.48. The third-order valence-corrected chi connectivity index (χ3v) is 1.81. The zero-order chi connectivity index (χ0) is 9.84. The molecule has 0 saturated heterocycles. The van der Waals surface area contributed by atoms with E-state index in [0.29, 0.717) is 6.42 Å². The van der Waals surface area contributed by atoms with Crippen molar-refractivity contribution >= 4 is 5.69 Å². The third-order valence-electron chi connectivity index (χ3n) is 1.81. The summed E-state index contributed by atoms with van der Waals surface area (Å²) in [7, 11) is 1.88. The Morgan fingerprint density at radius 1 is 1.77 bits per heavy atom. The van der Waals surface area contributed by atoms with Crippen LogP contribution in [0.15, 0.2) is 6.20 Å². The Morgan fingerprint density at radius 2 is 2.46 bits per heavy atom. The van der Waals surface area contributed by atoms with Crippen LogP contribution in [-0.4, -0.2) is 15.8 Å². The van der Waals surface area contributed by atoms with E-state index in [1.165, 1.54) is 0 Å². The van der Waals surface area contributed by atoms with Crippen LogP contribution in [0.2, 0.25) is 0 Å². The molecule has 0 aliphatic heterocycles. The molecular formula is C9H14N4. The van der Waals surface area contributed by atoms with Gasteiger partial charge in [-0.05, 0) is 13.8 Å². The van der Waals surface area contributed by atoms with E-state index in [9.17, 15) is 0 Å². The first kappa shape index (κ1) is 9.59. The summed E-state index contributed by atoms with van der Waals surface area (Å²) in [5, 5.41) is 15.9. The first-order valence-corrected chi connectivity index (χ1v) is 4.27. The van der Waals surface area contributed by atoms with E-state index in [1.807, 2.05) is 27.1 Å². The molecule has 0 amide bonds. The fourth-order valence-corrected chi connectivity index (χ4v) is 1.19. The van der Waals surface area contributed by atoms with Crippen molar-refractivity contribution in [2.24, 2.45) is 7.05 Å². The summed E-state index contributed by atoms with van der Waals surface area (Å²) in [6.45, 7) is 3.93. The summed E-state index contributed by atoms with van der Waals surface area (Å²) in [5.74, 6) is 0. The van der Waals surface area contributed by atoms with Crippen molar-refractivity contribution in [1.29, 1.82) is 5.26 Å². The number of hydrogen-bond acceptors (Lipinski definition) is 3. The van der Waals surface area contributed by atoms with Crippen molar-refractivity contribution in [2.75, 3.05) is 5.32 Å². The standard InChI is InChI=1S/C9H14N4/c1-7(4-5-10)11-9-6-13(3)12-8(9)2/h6-7,11H,4H2,1-3H3. The molecule has 4 heteroatoms. The van der Waals surface area contributed by atoms with Gasteiger partial charge in [-0.1, -0.05) is 0 Å². The van der Waals surface area contributed by atoms with Crippen LogP contribution in [0.5, 0.6) is 0 Å². The zero-order valence-electron chi connectivity index (χ0n) is 8.20. The lowest BCUT2D eigenvalue weighted by molar-refractivity contribution is 0.756. The van der Waals surface area contributed by atoms with Gasteiger partial charge in [0.1, 0.15) is 0 Å². The maximum atomic E-state index is 8.48. The van der Waals surface area contributed by atoms with E-state index in [0.717, 1.165) is 11.4 Å². The van der Waals surface area contributed by atoms with Crippen molar-refractivity contribution in [3.63, 3.8) is 0 Å². The topological polar surface area (TPSA) is 53.6 Å². The van der Waals surface area contributed by atoms with Gasteiger partial charge < -0.3 is 5.32 Å². The van der Waals surface area contributed by atoms with E-state index in [2.05, 4.69) is 16.5 Å². The highest BCUT2D eigenvalue weighted by Crippen LogP contribution is 2.13. The molecule has 1 aromatic heterocycles. The number of nitrogens with one attached hydrogen (secondary N) is 1. The van der Waals surface area contributed by atoms with Gasteiger partial charge in [-0.3, -0.25) is 4.68 Å². The van der Waals surface area contributed by atoms with Gasteiger partial charge in [0.2, 0.25) is 0 Å². The van der Waals surface area contributed by atoms with Crippen LogP contribution in [0.25, 0.3) is 0 Å². The summed E-state index contributed by atoms with van der Waals surface area (Å²) >= 11 is 0. The smallest absolute Gasteiger partial charge is 0.0825 e. The van der Waals surface area contributed by atoms with Crippen molar-refractivity contribution in [3.8, 4) is 6.07 Å². The Hall–Kier alpha value is -1.50. The average molecular weight is 178 g/mol. The second-order valence-electron chi connectivity index (χ2n) is 3.21. The molecule has 4 nitrogen and oxygen atoms in total. The van der Waals surface area contributed by atoms with E-state index in [4.69, 9.17) is 5.26 Å². The van der Waals surface area contributed by atoms with Gasteiger partial charge in [0.05, 0.1) is 23.9 Å². The number of nitrogens with zero attached hydrogens (tertiary/aromatic N) is 3. The molecule has 0 fully saturated rings. The minimum Gasteiger partial charge on any atom is -0.379 e. The molecule has 0 saturated carbocycles. The van der Waals surface area contributed by atoms with Gasteiger partial charge in [-0.2, -0.15) is 10.4 Å². The zero-order valence-corrected chi connectivity index (χ0v) is 8.20. The number of hydrogen-bond donors (Lipinski definition) is 1. The predicted molar refractivity (Wildman–Crippen MR) is 51.3 cm³/mol. The van der Waals surface area contributed by atoms with Crippen molar-refractivity contribution in [3.05, 3.63) is 11.9 Å². The first-order valence-electron chi connectivity index (χ1n) is 4.27. The second kappa shape index (κ2) is 3.94. The summed E-state index contributed by atoms with van der Waals surface area (Å²) in [6.07, 6.45) is 2.43. The summed E-state index contributed by atoms with van der Waals surface area (Å²) in [5.41, 5.74) is 1.97. The van der Waals surface area contributed by atoms with E-state index in [-0.39, 0.29) is 6.04 Å². The van der Waals surface area contributed by atoms with Crippen molar-refractivity contribution in [1.82, 2.24) is 9.78 Å². The molecule has 1 unspecified atom stereocenters. The Morgan fingerprint density at radius 3 is 2.92 bits per heavy atom. The largest absolute Gasteiger partial charge is 0.379 e. The van der Waals surface area contributed by atoms with Crippen molar-refractivity contribution in [2.45, 2.75) is 26.3 Å². The first-order chi connectivity index (χ1) is 6.13. The van der Waals surface area contributed by atoms with Crippen molar-refractivity contribution < 1.29 is 0 Å². The molecule has 0 radical (unpaired) electrons. The summed E-state index contributed by atoms with van der Waals surface area (Å²) in [4.78, 5) is 0. The Kier molecular flexibility index (Phi) is 2.91. The van der Waals surface area contributed by atoms with Gasteiger partial charge in [0.25, 0.3) is 0 Å². The van der Waals surface area contributed by atoms with E-state index >= 15 is 0 Å². The van der Waals surface area contributed by atoms with Gasteiger partial charge in [0.15, 0.2) is 0 Å². The number of aryl methyl sites for hydroxylation is 2. The molecular weight excluding hydrogens is 164 g/mol. The lowest BCUT2D eigenvalue weighted by Crippen LogP contribution is -2.14. The molecule has 0 aliphatic carbocycles. The SMILES string of the molecule is Cc1nn(C)cc1NC(C)CC#N. The maximum Gasteiger partial charge on any atom is 0.0825 e. The van der Waals surface area contributed by atoms with Crippen LogP contribution in [0, 0.1) is 18.3 Å². The molecule has 1 rings (SSSR count).